The van der Waals surface area contributed by atoms with E-state index in [1.807, 2.05) is 12.1 Å². The van der Waals surface area contributed by atoms with Gasteiger partial charge in [0.25, 0.3) is 0 Å². The highest BCUT2D eigenvalue weighted by molar-refractivity contribution is 9.10. The topological polar surface area (TPSA) is 38.0 Å². The molecule has 1 heterocycles. The van der Waals surface area contributed by atoms with Gasteiger partial charge in [-0.25, -0.2) is 0 Å². The molecule has 12 heavy (non-hydrogen) atoms. The summed E-state index contributed by atoms with van der Waals surface area (Å²) >= 11 is 3.50. The normalized spacial score (nSPS) is 21.3. The third-order valence-corrected chi connectivity index (χ3v) is 2.89. The number of fused-ring (bicyclic) bond motifs is 1. The third kappa shape index (κ3) is 1.23. The number of nitrogens with one attached hydrogen (secondary N) is 1. The molecule has 2 rings (SSSR count). The Morgan fingerprint density at radius 3 is 3.08 bits per heavy atom. The maximum atomic E-state index is 5.98. The lowest BCUT2D eigenvalue weighted by Gasteiger charge is -2.24. The molecule has 3 heteroatoms. The first kappa shape index (κ1) is 8.08. The van der Waals surface area contributed by atoms with E-state index < -0.39 is 0 Å². The van der Waals surface area contributed by atoms with Crippen LogP contribution in [0.1, 0.15) is 18.0 Å². The smallest absolute Gasteiger partial charge is 0.0400 e. The Kier molecular flexibility index (Phi) is 2.07. The minimum absolute atomic E-state index is 0.178. The molecule has 0 fully saturated rings. The second-order valence-electron chi connectivity index (χ2n) is 3.02. The molecule has 0 spiro atoms. The molecule has 1 unspecified atom stereocenters. The molecule has 3 N–H and O–H groups in total. The zero-order chi connectivity index (χ0) is 8.55. The van der Waals surface area contributed by atoms with Crippen molar-refractivity contribution in [3.63, 3.8) is 0 Å². The van der Waals surface area contributed by atoms with E-state index in [2.05, 4.69) is 27.3 Å². The minimum atomic E-state index is 0.178. The number of hydrogen-bond donors (Lipinski definition) is 2. The first-order valence-electron chi connectivity index (χ1n) is 4.07. The number of hydrogen-bond acceptors (Lipinski definition) is 2. The number of halogens is 1. The van der Waals surface area contributed by atoms with Gasteiger partial charge >= 0.3 is 0 Å². The van der Waals surface area contributed by atoms with Crippen molar-refractivity contribution >= 4 is 21.6 Å². The Hall–Kier alpha value is -0.540. The Labute approximate surface area is 80.3 Å². The van der Waals surface area contributed by atoms with Crippen molar-refractivity contribution in [2.45, 2.75) is 12.5 Å². The van der Waals surface area contributed by atoms with Crippen molar-refractivity contribution < 1.29 is 0 Å². The van der Waals surface area contributed by atoms with E-state index >= 15 is 0 Å². The Balaban J connectivity index is 2.53. The van der Waals surface area contributed by atoms with Crippen LogP contribution in [0.15, 0.2) is 22.7 Å². The highest BCUT2D eigenvalue weighted by atomic mass is 79.9. The Morgan fingerprint density at radius 1 is 1.50 bits per heavy atom. The van der Waals surface area contributed by atoms with Gasteiger partial charge in [-0.2, -0.15) is 0 Å². The SMILES string of the molecule is NC1CCNc2cccc(Br)c21. The zero-order valence-electron chi connectivity index (χ0n) is 6.68. The highest BCUT2D eigenvalue weighted by Crippen LogP contribution is 2.33. The lowest BCUT2D eigenvalue weighted by molar-refractivity contribution is 0.652. The van der Waals surface area contributed by atoms with Gasteiger partial charge in [-0.3, -0.25) is 0 Å². The summed E-state index contributed by atoms with van der Waals surface area (Å²) in [6.45, 7) is 0.977. The zero-order valence-corrected chi connectivity index (χ0v) is 8.26. The van der Waals surface area contributed by atoms with Crippen LogP contribution in [0.2, 0.25) is 0 Å². The van der Waals surface area contributed by atoms with Crippen LogP contribution >= 0.6 is 15.9 Å². The quantitative estimate of drug-likeness (QED) is 0.713. The maximum Gasteiger partial charge on any atom is 0.0400 e. The number of nitrogens with two attached hydrogens (primary N) is 1. The largest absolute Gasteiger partial charge is 0.385 e. The Morgan fingerprint density at radius 2 is 2.33 bits per heavy atom. The first-order chi connectivity index (χ1) is 5.79. The van der Waals surface area contributed by atoms with Gasteiger partial charge in [-0.05, 0) is 18.6 Å². The van der Waals surface area contributed by atoms with E-state index in [1.165, 1.54) is 11.3 Å². The standard InChI is InChI=1S/C9H11BrN2/c10-6-2-1-3-8-9(6)7(11)4-5-12-8/h1-3,7,12H,4-5,11H2. The van der Waals surface area contributed by atoms with Gasteiger partial charge in [0, 0.05) is 28.3 Å². The molecule has 0 aromatic heterocycles. The maximum absolute atomic E-state index is 5.98. The summed E-state index contributed by atoms with van der Waals surface area (Å²) in [6, 6.07) is 6.30. The van der Waals surface area contributed by atoms with Gasteiger partial charge in [0.2, 0.25) is 0 Å². The molecule has 2 nitrogen and oxygen atoms in total. The van der Waals surface area contributed by atoms with Crippen LogP contribution < -0.4 is 11.1 Å². The third-order valence-electron chi connectivity index (χ3n) is 2.19. The molecule has 64 valence electrons. The van der Waals surface area contributed by atoms with Crippen LogP contribution in [0.5, 0.6) is 0 Å². The van der Waals surface area contributed by atoms with Gasteiger partial charge in [0.15, 0.2) is 0 Å². The molecule has 1 aromatic rings. The van der Waals surface area contributed by atoms with Gasteiger partial charge < -0.3 is 11.1 Å². The fourth-order valence-corrected chi connectivity index (χ4v) is 2.23. The van der Waals surface area contributed by atoms with E-state index in [4.69, 9.17) is 5.73 Å². The molecule has 0 saturated heterocycles. The monoisotopic (exact) mass is 226 g/mol. The summed E-state index contributed by atoms with van der Waals surface area (Å²) in [6.07, 6.45) is 1.01. The van der Waals surface area contributed by atoms with Gasteiger partial charge in [0.1, 0.15) is 0 Å². The average Bonchev–Trinajstić information content (AvgIpc) is 2.04. The lowest BCUT2D eigenvalue weighted by atomic mass is 9.99. The predicted octanol–water partition coefficient (Wildman–Crippen LogP) is 2.26. The van der Waals surface area contributed by atoms with Crippen molar-refractivity contribution in [2.75, 3.05) is 11.9 Å². The molecule has 0 aliphatic carbocycles. The number of benzene rings is 1. The van der Waals surface area contributed by atoms with Crippen LogP contribution in [-0.4, -0.2) is 6.54 Å². The van der Waals surface area contributed by atoms with Gasteiger partial charge in [-0.15, -0.1) is 0 Å². The molecule has 0 bridgehead atoms. The molecule has 1 atom stereocenters. The van der Waals surface area contributed by atoms with Crippen molar-refractivity contribution in [3.8, 4) is 0 Å². The number of rotatable bonds is 0. The molecule has 1 aliphatic rings. The van der Waals surface area contributed by atoms with Crippen LogP contribution in [-0.2, 0) is 0 Å². The molecular formula is C9H11BrN2. The summed E-state index contributed by atoms with van der Waals surface area (Å²) in [7, 11) is 0. The van der Waals surface area contributed by atoms with E-state index in [0.717, 1.165) is 17.4 Å². The highest BCUT2D eigenvalue weighted by Gasteiger charge is 2.17. The number of anilines is 1. The van der Waals surface area contributed by atoms with E-state index in [-0.39, 0.29) is 6.04 Å². The Bertz CT molecular complexity index is 299. The van der Waals surface area contributed by atoms with Crippen molar-refractivity contribution in [2.24, 2.45) is 5.73 Å². The molecule has 0 radical (unpaired) electrons. The molecule has 1 aromatic carbocycles. The van der Waals surface area contributed by atoms with Crippen LogP contribution in [0.4, 0.5) is 5.69 Å². The fraction of sp³-hybridized carbons (Fsp3) is 0.333. The first-order valence-corrected chi connectivity index (χ1v) is 4.86. The minimum Gasteiger partial charge on any atom is -0.385 e. The van der Waals surface area contributed by atoms with Crippen molar-refractivity contribution in [1.82, 2.24) is 0 Å². The van der Waals surface area contributed by atoms with Crippen LogP contribution in [0.3, 0.4) is 0 Å². The summed E-state index contributed by atoms with van der Waals surface area (Å²) in [5, 5.41) is 3.32. The predicted molar refractivity (Wildman–Crippen MR) is 54.2 cm³/mol. The summed E-state index contributed by atoms with van der Waals surface area (Å²) in [4.78, 5) is 0. The van der Waals surface area contributed by atoms with E-state index in [9.17, 15) is 0 Å². The van der Waals surface area contributed by atoms with Crippen molar-refractivity contribution in [3.05, 3.63) is 28.2 Å². The second-order valence-corrected chi connectivity index (χ2v) is 3.88. The second kappa shape index (κ2) is 3.07. The summed E-state index contributed by atoms with van der Waals surface area (Å²) < 4.78 is 1.11. The van der Waals surface area contributed by atoms with Crippen LogP contribution in [0.25, 0.3) is 0 Å². The molecular weight excluding hydrogens is 216 g/mol. The van der Waals surface area contributed by atoms with Gasteiger partial charge in [0.05, 0.1) is 0 Å². The average molecular weight is 227 g/mol. The van der Waals surface area contributed by atoms with Crippen LogP contribution in [0, 0.1) is 0 Å². The summed E-state index contributed by atoms with van der Waals surface area (Å²) in [5.74, 6) is 0. The fourth-order valence-electron chi connectivity index (χ4n) is 1.57. The molecule has 0 saturated carbocycles. The van der Waals surface area contributed by atoms with Gasteiger partial charge in [-0.1, -0.05) is 22.0 Å². The van der Waals surface area contributed by atoms with E-state index in [0.29, 0.717) is 0 Å². The van der Waals surface area contributed by atoms with E-state index in [1.54, 1.807) is 0 Å². The lowest BCUT2D eigenvalue weighted by Crippen LogP contribution is -2.22. The molecule has 1 aliphatic heterocycles. The molecule has 0 amide bonds. The van der Waals surface area contributed by atoms with Crippen molar-refractivity contribution in [1.29, 1.82) is 0 Å². The summed E-state index contributed by atoms with van der Waals surface area (Å²) in [5.41, 5.74) is 8.36.